The number of nitrogens with zero attached hydrogens (tertiary/aromatic N) is 1. The standard InChI is InChI=1S/C18H24ClFN2O2/c19-16-9-15(5-6-17(16)20)24-12-18(23)21-10-13-7-8-22(11-13)14-3-1-2-4-14/h5-6,9,13-14H,1-4,7-8,10-12H2,(H,21,23). The quantitative estimate of drug-likeness (QED) is 0.852. The lowest BCUT2D eigenvalue weighted by Gasteiger charge is -2.23. The van der Waals surface area contributed by atoms with E-state index in [1.165, 1.54) is 43.9 Å². The van der Waals surface area contributed by atoms with E-state index in [4.69, 9.17) is 16.3 Å². The molecule has 0 spiro atoms. The summed E-state index contributed by atoms with van der Waals surface area (Å²) < 4.78 is 18.4. The van der Waals surface area contributed by atoms with Gasteiger partial charge in [-0.05, 0) is 43.9 Å². The van der Waals surface area contributed by atoms with Gasteiger partial charge in [0.1, 0.15) is 11.6 Å². The van der Waals surface area contributed by atoms with Crippen molar-refractivity contribution in [3.63, 3.8) is 0 Å². The van der Waals surface area contributed by atoms with Gasteiger partial charge >= 0.3 is 0 Å². The monoisotopic (exact) mass is 354 g/mol. The van der Waals surface area contributed by atoms with Crippen molar-refractivity contribution in [2.45, 2.75) is 38.1 Å². The Kier molecular flexibility index (Phi) is 5.95. The van der Waals surface area contributed by atoms with Crippen LogP contribution in [0, 0.1) is 11.7 Å². The first-order valence-electron chi connectivity index (χ1n) is 8.70. The maximum atomic E-state index is 13.1. The third kappa shape index (κ3) is 4.61. The van der Waals surface area contributed by atoms with Gasteiger partial charge in [0.2, 0.25) is 0 Å². The number of rotatable bonds is 6. The summed E-state index contributed by atoms with van der Waals surface area (Å²) in [6.07, 6.45) is 6.51. The van der Waals surface area contributed by atoms with Gasteiger partial charge in [0.25, 0.3) is 5.91 Å². The van der Waals surface area contributed by atoms with Crippen LogP contribution < -0.4 is 10.1 Å². The van der Waals surface area contributed by atoms with Crippen LogP contribution in [0.15, 0.2) is 18.2 Å². The van der Waals surface area contributed by atoms with Gasteiger partial charge in [-0.1, -0.05) is 24.4 Å². The number of benzene rings is 1. The number of carbonyl (C=O) groups is 1. The minimum absolute atomic E-state index is 0.00846. The Morgan fingerprint density at radius 2 is 2.12 bits per heavy atom. The molecule has 1 saturated carbocycles. The van der Waals surface area contributed by atoms with Crippen LogP contribution in [0.3, 0.4) is 0 Å². The van der Waals surface area contributed by atoms with Crippen molar-refractivity contribution in [2.24, 2.45) is 5.92 Å². The minimum Gasteiger partial charge on any atom is -0.484 e. The average molecular weight is 355 g/mol. The van der Waals surface area contributed by atoms with E-state index < -0.39 is 5.82 Å². The average Bonchev–Trinajstić information content (AvgIpc) is 3.25. The van der Waals surface area contributed by atoms with Crippen molar-refractivity contribution in [3.05, 3.63) is 29.0 Å². The number of halogens is 2. The lowest BCUT2D eigenvalue weighted by atomic mass is 10.1. The molecule has 3 rings (SSSR count). The van der Waals surface area contributed by atoms with E-state index >= 15 is 0 Å². The third-order valence-corrected chi connectivity index (χ3v) is 5.30. The van der Waals surface area contributed by atoms with Gasteiger partial charge < -0.3 is 15.0 Å². The molecule has 2 aliphatic rings. The number of nitrogens with one attached hydrogen (secondary N) is 1. The molecule has 1 unspecified atom stereocenters. The Hall–Kier alpha value is -1.33. The molecule has 1 N–H and O–H groups in total. The first-order valence-corrected chi connectivity index (χ1v) is 9.08. The fourth-order valence-corrected chi connectivity index (χ4v) is 3.83. The molecule has 4 nitrogen and oxygen atoms in total. The predicted octanol–water partition coefficient (Wildman–Crippen LogP) is 3.24. The van der Waals surface area contributed by atoms with E-state index in [-0.39, 0.29) is 17.5 Å². The lowest BCUT2D eigenvalue weighted by molar-refractivity contribution is -0.123. The summed E-state index contributed by atoms with van der Waals surface area (Å²) >= 11 is 5.68. The topological polar surface area (TPSA) is 41.6 Å². The first-order chi connectivity index (χ1) is 11.6. The molecule has 1 aliphatic heterocycles. The van der Waals surface area contributed by atoms with Crippen molar-refractivity contribution in [2.75, 3.05) is 26.2 Å². The maximum absolute atomic E-state index is 13.1. The smallest absolute Gasteiger partial charge is 0.257 e. The molecule has 1 atom stereocenters. The zero-order chi connectivity index (χ0) is 16.9. The van der Waals surface area contributed by atoms with Crippen LogP contribution in [0.25, 0.3) is 0 Å². The van der Waals surface area contributed by atoms with E-state index in [0.717, 1.165) is 25.6 Å². The second kappa shape index (κ2) is 8.17. The minimum atomic E-state index is -0.499. The van der Waals surface area contributed by atoms with Gasteiger partial charge in [0.15, 0.2) is 6.61 Å². The largest absolute Gasteiger partial charge is 0.484 e. The molecule has 0 radical (unpaired) electrons. The summed E-state index contributed by atoms with van der Waals surface area (Å²) in [6, 6.07) is 4.83. The van der Waals surface area contributed by atoms with Crippen LogP contribution in [0.4, 0.5) is 4.39 Å². The number of likely N-dealkylation sites (tertiary alicyclic amines) is 1. The van der Waals surface area contributed by atoms with Gasteiger partial charge in [-0.2, -0.15) is 0 Å². The van der Waals surface area contributed by atoms with Crippen LogP contribution >= 0.6 is 11.6 Å². The van der Waals surface area contributed by atoms with Crippen LogP contribution in [-0.4, -0.2) is 43.1 Å². The number of hydrogen-bond donors (Lipinski definition) is 1. The van der Waals surface area contributed by atoms with Gasteiger partial charge in [0, 0.05) is 25.2 Å². The van der Waals surface area contributed by atoms with Gasteiger partial charge in [-0.15, -0.1) is 0 Å². The SMILES string of the molecule is O=C(COc1ccc(F)c(Cl)c1)NCC1CCN(C2CCCC2)C1. The molecular formula is C18H24ClFN2O2. The van der Waals surface area contributed by atoms with Crippen molar-refractivity contribution in [1.82, 2.24) is 10.2 Å². The fraction of sp³-hybridized carbons (Fsp3) is 0.611. The van der Waals surface area contributed by atoms with E-state index in [0.29, 0.717) is 18.2 Å². The van der Waals surface area contributed by atoms with Crippen LogP contribution in [0.1, 0.15) is 32.1 Å². The third-order valence-electron chi connectivity index (χ3n) is 5.01. The lowest BCUT2D eigenvalue weighted by Crippen LogP contribution is -2.35. The molecule has 1 aromatic rings. The fourth-order valence-electron chi connectivity index (χ4n) is 3.66. The molecule has 1 aliphatic carbocycles. The van der Waals surface area contributed by atoms with Crippen molar-refractivity contribution in [1.29, 1.82) is 0 Å². The Labute approximate surface area is 147 Å². The second-order valence-corrected chi connectivity index (χ2v) is 7.16. The van der Waals surface area contributed by atoms with Crippen LogP contribution in [0.5, 0.6) is 5.75 Å². The summed E-state index contributed by atoms with van der Waals surface area (Å²) in [7, 11) is 0. The molecule has 1 amide bonds. The molecule has 1 aromatic carbocycles. The van der Waals surface area contributed by atoms with Gasteiger partial charge in [-0.25, -0.2) is 4.39 Å². The highest BCUT2D eigenvalue weighted by molar-refractivity contribution is 6.30. The molecular weight excluding hydrogens is 331 g/mol. The van der Waals surface area contributed by atoms with E-state index in [9.17, 15) is 9.18 Å². The summed E-state index contributed by atoms with van der Waals surface area (Å²) in [5, 5.41) is 2.93. The van der Waals surface area contributed by atoms with Crippen LogP contribution in [-0.2, 0) is 4.79 Å². The number of carbonyl (C=O) groups excluding carboxylic acids is 1. The summed E-state index contributed by atoms with van der Waals surface area (Å²) in [5.41, 5.74) is 0. The Morgan fingerprint density at radius 3 is 2.88 bits per heavy atom. The molecule has 6 heteroatoms. The summed E-state index contributed by atoms with van der Waals surface area (Å²) in [5.74, 6) is 0.260. The number of amides is 1. The summed E-state index contributed by atoms with van der Waals surface area (Å²) in [6.45, 7) is 2.84. The highest BCUT2D eigenvalue weighted by Crippen LogP contribution is 2.28. The van der Waals surface area contributed by atoms with Crippen LogP contribution in [0.2, 0.25) is 5.02 Å². The highest BCUT2D eigenvalue weighted by atomic mass is 35.5. The molecule has 24 heavy (non-hydrogen) atoms. The Balaban J connectivity index is 1.36. The molecule has 0 aromatic heterocycles. The first kappa shape index (κ1) is 17.5. The van der Waals surface area contributed by atoms with Gasteiger partial charge in [0.05, 0.1) is 5.02 Å². The highest BCUT2D eigenvalue weighted by Gasteiger charge is 2.29. The zero-order valence-corrected chi connectivity index (χ0v) is 14.5. The molecule has 2 fully saturated rings. The number of hydrogen-bond acceptors (Lipinski definition) is 3. The Bertz CT molecular complexity index is 578. The van der Waals surface area contributed by atoms with Crippen molar-refractivity contribution < 1.29 is 13.9 Å². The molecule has 0 bridgehead atoms. The van der Waals surface area contributed by atoms with Crippen molar-refractivity contribution >= 4 is 17.5 Å². The zero-order valence-electron chi connectivity index (χ0n) is 13.8. The Morgan fingerprint density at radius 1 is 1.33 bits per heavy atom. The van der Waals surface area contributed by atoms with E-state index in [1.54, 1.807) is 0 Å². The maximum Gasteiger partial charge on any atom is 0.257 e. The second-order valence-electron chi connectivity index (χ2n) is 6.76. The van der Waals surface area contributed by atoms with Crippen molar-refractivity contribution in [3.8, 4) is 5.75 Å². The molecule has 132 valence electrons. The van der Waals surface area contributed by atoms with E-state index in [1.807, 2.05) is 0 Å². The van der Waals surface area contributed by atoms with Gasteiger partial charge in [-0.3, -0.25) is 4.79 Å². The van der Waals surface area contributed by atoms with E-state index in [2.05, 4.69) is 10.2 Å². The normalized spacial score (nSPS) is 22.0. The molecule has 1 heterocycles. The summed E-state index contributed by atoms with van der Waals surface area (Å²) in [4.78, 5) is 14.5. The number of ether oxygens (including phenoxy) is 1. The molecule has 1 saturated heterocycles. The predicted molar refractivity (Wildman–Crippen MR) is 91.9 cm³/mol.